The maximum absolute atomic E-state index is 12.9. The monoisotopic (exact) mass is 505 g/mol. The zero-order valence-electron chi connectivity index (χ0n) is 19.3. The number of nitrogens with one attached hydrogen (secondary N) is 1. The van der Waals surface area contributed by atoms with Crippen molar-refractivity contribution in [3.05, 3.63) is 87.9 Å². The summed E-state index contributed by atoms with van der Waals surface area (Å²) in [6.45, 7) is 3.78. The highest BCUT2D eigenvalue weighted by Gasteiger charge is 2.20. The highest BCUT2D eigenvalue weighted by atomic mass is 35.5. The summed E-state index contributed by atoms with van der Waals surface area (Å²) >= 11 is 12.4. The van der Waals surface area contributed by atoms with Gasteiger partial charge in [0.05, 0.1) is 5.52 Å². The third-order valence-electron chi connectivity index (χ3n) is 6.25. The van der Waals surface area contributed by atoms with Gasteiger partial charge in [-0.2, -0.15) is 0 Å². The van der Waals surface area contributed by atoms with Crippen molar-refractivity contribution in [3.63, 3.8) is 0 Å². The van der Waals surface area contributed by atoms with Gasteiger partial charge in [-0.3, -0.25) is 4.79 Å². The minimum absolute atomic E-state index is 0.0614. The summed E-state index contributed by atoms with van der Waals surface area (Å²) < 4.78 is 0. The zero-order chi connectivity index (χ0) is 24.4. The van der Waals surface area contributed by atoms with Crippen molar-refractivity contribution in [3.8, 4) is 11.4 Å². The number of piperazine rings is 1. The Morgan fingerprint density at radius 2 is 1.69 bits per heavy atom. The number of fused-ring (bicyclic) bond motifs is 1. The molecule has 0 atom stereocenters. The standard InChI is InChI=1S/C27H25Cl2N5O/c1-33-12-14-34(15-13-33)27(35)19-8-6-18(7-9-19)25-31-24-5-3-2-4-22(24)26(32-25)30-17-20-10-11-21(28)16-23(20)29/h2-11,16H,12-15,17H2,1H3,(H,30,31,32). The Balaban J connectivity index is 1.40. The Morgan fingerprint density at radius 3 is 2.43 bits per heavy atom. The third kappa shape index (κ3) is 5.25. The first-order chi connectivity index (χ1) is 17.0. The SMILES string of the molecule is CN1CCN(C(=O)c2ccc(-c3nc(NCc4ccc(Cl)cc4Cl)c4ccccc4n3)cc2)CC1. The summed E-state index contributed by atoms with van der Waals surface area (Å²) in [6.07, 6.45) is 0. The molecular formula is C27H25Cl2N5O. The second kappa shape index (κ2) is 10.2. The molecule has 0 unspecified atom stereocenters. The van der Waals surface area contributed by atoms with Crippen molar-refractivity contribution in [2.24, 2.45) is 0 Å². The molecule has 1 saturated heterocycles. The average molecular weight is 506 g/mol. The minimum atomic E-state index is 0.0614. The second-order valence-corrected chi connectivity index (χ2v) is 9.52. The van der Waals surface area contributed by atoms with E-state index in [1.54, 1.807) is 6.07 Å². The molecule has 0 saturated carbocycles. The lowest BCUT2D eigenvalue weighted by atomic mass is 10.1. The molecule has 2 heterocycles. The zero-order valence-corrected chi connectivity index (χ0v) is 20.9. The lowest BCUT2D eigenvalue weighted by molar-refractivity contribution is 0.0664. The molecule has 178 valence electrons. The van der Waals surface area contributed by atoms with Crippen molar-refractivity contribution < 1.29 is 4.79 Å². The molecule has 0 aliphatic carbocycles. The second-order valence-electron chi connectivity index (χ2n) is 8.68. The first-order valence-electron chi connectivity index (χ1n) is 11.5. The van der Waals surface area contributed by atoms with Crippen LogP contribution in [0.3, 0.4) is 0 Å². The van der Waals surface area contributed by atoms with Crippen molar-refractivity contribution in [2.45, 2.75) is 6.54 Å². The Morgan fingerprint density at radius 1 is 0.943 bits per heavy atom. The van der Waals surface area contributed by atoms with Gasteiger partial charge >= 0.3 is 0 Å². The van der Waals surface area contributed by atoms with Gasteiger partial charge in [0.1, 0.15) is 5.82 Å². The quantitative estimate of drug-likeness (QED) is 0.382. The van der Waals surface area contributed by atoms with Crippen molar-refractivity contribution in [1.82, 2.24) is 19.8 Å². The number of hydrogen-bond acceptors (Lipinski definition) is 5. The number of carbonyl (C=O) groups excluding carboxylic acids is 1. The maximum atomic E-state index is 12.9. The van der Waals surface area contributed by atoms with E-state index in [0.717, 1.165) is 48.2 Å². The fourth-order valence-electron chi connectivity index (χ4n) is 4.14. The molecule has 1 fully saturated rings. The molecule has 4 aromatic rings. The van der Waals surface area contributed by atoms with E-state index in [4.69, 9.17) is 33.2 Å². The number of anilines is 1. The number of likely N-dealkylation sites (N-methyl/N-ethyl adjacent to an activating group) is 1. The van der Waals surface area contributed by atoms with Gasteiger partial charge in [0.2, 0.25) is 0 Å². The van der Waals surface area contributed by atoms with Crippen LogP contribution < -0.4 is 5.32 Å². The normalized spacial score (nSPS) is 14.3. The molecule has 35 heavy (non-hydrogen) atoms. The summed E-state index contributed by atoms with van der Waals surface area (Å²) in [5.74, 6) is 1.37. The van der Waals surface area contributed by atoms with Gasteiger partial charge in [-0.05, 0) is 49.0 Å². The molecule has 0 bridgehead atoms. The maximum Gasteiger partial charge on any atom is 0.253 e. The van der Waals surface area contributed by atoms with Crippen LogP contribution >= 0.6 is 23.2 Å². The number of aromatic nitrogens is 2. The molecule has 1 N–H and O–H groups in total. The first-order valence-corrected chi connectivity index (χ1v) is 12.3. The van der Waals surface area contributed by atoms with Gasteiger partial charge in [-0.15, -0.1) is 0 Å². The van der Waals surface area contributed by atoms with Crippen LogP contribution in [0, 0.1) is 0 Å². The van der Waals surface area contributed by atoms with Crippen molar-refractivity contribution >= 4 is 45.8 Å². The van der Waals surface area contributed by atoms with E-state index < -0.39 is 0 Å². The van der Waals surface area contributed by atoms with Crippen LogP contribution in [0.25, 0.3) is 22.3 Å². The highest BCUT2D eigenvalue weighted by molar-refractivity contribution is 6.35. The van der Waals surface area contributed by atoms with E-state index in [-0.39, 0.29) is 5.91 Å². The predicted octanol–water partition coefficient (Wildman–Crippen LogP) is 5.60. The minimum Gasteiger partial charge on any atom is -0.365 e. The predicted molar refractivity (Wildman–Crippen MR) is 142 cm³/mol. The Hall–Kier alpha value is -3.19. The molecule has 1 aliphatic rings. The molecule has 0 radical (unpaired) electrons. The molecule has 1 amide bonds. The van der Waals surface area contributed by atoms with Gasteiger partial charge < -0.3 is 15.1 Å². The lowest BCUT2D eigenvalue weighted by Gasteiger charge is -2.32. The number of nitrogens with zero attached hydrogens (tertiary/aromatic N) is 4. The molecular weight excluding hydrogens is 481 g/mol. The smallest absolute Gasteiger partial charge is 0.253 e. The number of carbonyl (C=O) groups is 1. The summed E-state index contributed by atoms with van der Waals surface area (Å²) in [5, 5.41) is 5.53. The van der Waals surface area contributed by atoms with E-state index in [0.29, 0.717) is 33.8 Å². The van der Waals surface area contributed by atoms with Gasteiger partial charge in [0.25, 0.3) is 5.91 Å². The van der Waals surface area contributed by atoms with Gasteiger partial charge in [0, 0.05) is 59.3 Å². The van der Waals surface area contributed by atoms with Crippen LogP contribution in [0.15, 0.2) is 66.7 Å². The number of hydrogen-bond donors (Lipinski definition) is 1. The summed E-state index contributed by atoms with van der Waals surface area (Å²) in [6, 6.07) is 20.9. The third-order valence-corrected chi connectivity index (χ3v) is 6.83. The molecule has 8 heteroatoms. The topological polar surface area (TPSA) is 61.4 Å². The molecule has 0 spiro atoms. The molecule has 6 nitrogen and oxygen atoms in total. The van der Waals surface area contributed by atoms with E-state index in [9.17, 15) is 4.79 Å². The first kappa shape index (κ1) is 23.5. The van der Waals surface area contributed by atoms with Crippen LogP contribution in [-0.4, -0.2) is 58.9 Å². The highest BCUT2D eigenvalue weighted by Crippen LogP contribution is 2.27. The van der Waals surface area contributed by atoms with Gasteiger partial charge in [-0.1, -0.05) is 53.5 Å². The Labute approximate surface area is 214 Å². The summed E-state index contributed by atoms with van der Waals surface area (Å²) in [4.78, 5) is 26.6. The fraction of sp³-hybridized carbons (Fsp3) is 0.222. The molecule has 1 aliphatic heterocycles. The summed E-state index contributed by atoms with van der Waals surface area (Å²) in [5.41, 5.74) is 3.28. The number of para-hydroxylation sites is 1. The van der Waals surface area contributed by atoms with Gasteiger partial charge in [0.15, 0.2) is 5.82 Å². The van der Waals surface area contributed by atoms with Crippen molar-refractivity contribution in [2.75, 3.05) is 38.5 Å². The van der Waals surface area contributed by atoms with E-state index >= 15 is 0 Å². The van der Waals surface area contributed by atoms with E-state index in [2.05, 4.69) is 17.3 Å². The lowest BCUT2D eigenvalue weighted by Crippen LogP contribution is -2.47. The molecule has 3 aromatic carbocycles. The van der Waals surface area contributed by atoms with Crippen LogP contribution in [0.2, 0.25) is 10.0 Å². The van der Waals surface area contributed by atoms with Crippen LogP contribution in [0.5, 0.6) is 0 Å². The Bertz CT molecular complexity index is 1370. The largest absolute Gasteiger partial charge is 0.365 e. The summed E-state index contributed by atoms with van der Waals surface area (Å²) in [7, 11) is 2.08. The average Bonchev–Trinajstić information content (AvgIpc) is 2.88. The Kier molecular flexibility index (Phi) is 6.86. The number of rotatable bonds is 5. The van der Waals surface area contributed by atoms with Gasteiger partial charge in [-0.25, -0.2) is 9.97 Å². The van der Waals surface area contributed by atoms with Crippen LogP contribution in [-0.2, 0) is 6.54 Å². The van der Waals surface area contributed by atoms with Crippen LogP contribution in [0.4, 0.5) is 5.82 Å². The molecule has 5 rings (SSSR count). The van der Waals surface area contributed by atoms with E-state index in [1.165, 1.54) is 0 Å². The van der Waals surface area contributed by atoms with Crippen LogP contribution in [0.1, 0.15) is 15.9 Å². The number of halogens is 2. The van der Waals surface area contributed by atoms with Crippen molar-refractivity contribution in [1.29, 1.82) is 0 Å². The molecule has 1 aromatic heterocycles. The fourth-order valence-corrected chi connectivity index (χ4v) is 4.61. The number of amides is 1. The number of benzene rings is 3. The van der Waals surface area contributed by atoms with E-state index in [1.807, 2.05) is 65.6 Å².